The zero-order valence-electron chi connectivity index (χ0n) is 15.1. The Hall–Kier alpha value is -3.27. The van der Waals surface area contributed by atoms with E-state index in [2.05, 4.69) is 9.84 Å². The fourth-order valence-electron chi connectivity index (χ4n) is 3.37. The Labute approximate surface area is 162 Å². The smallest absolute Gasteiger partial charge is 0.420 e. The Morgan fingerprint density at radius 3 is 2.62 bits per heavy atom. The fraction of sp³-hybridized carbons (Fsp3) is 0.211. The second-order valence-electron chi connectivity index (χ2n) is 6.60. The molecule has 0 radical (unpaired) electrons. The molecule has 1 heterocycles. The summed E-state index contributed by atoms with van der Waals surface area (Å²) in [6.45, 7) is -0.158. The van der Waals surface area contributed by atoms with Crippen molar-refractivity contribution in [2.24, 2.45) is 10.8 Å². The number of hydrogen-bond donors (Lipinski definition) is 1. The standard InChI is InChI=1S/C19H15F4N3O3/c1-26(10-14(29-11-27)16(25-26)19(21,22)23)13-7-5-6-12(17(24)28)15(13)18(20)8-3-2-4-9-18/h2-8,10-11H,9H2,1H3,(H-,24,28)/p+1. The van der Waals surface area contributed by atoms with E-state index in [1.54, 1.807) is 6.08 Å². The summed E-state index contributed by atoms with van der Waals surface area (Å²) in [5.41, 5.74) is 1.32. The number of carbonyl (C=O) groups excluding carboxylic acids is 2. The van der Waals surface area contributed by atoms with Gasteiger partial charge in [-0.2, -0.15) is 13.2 Å². The molecule has 2 atom stereocenters. The lowest BCUT2D eigenvalue weighted by atomic mass is 9.84. The molecule has 0 aromatic heterocycles. The number of benzene rings is 1. The van der Waals surface area contributed by atoms with Gasteiger partial charge in [-0.1, -0.05) is 29.4 Å². The van der Waals surface area contributed by atoms with Crippen molar-refractivity contribution in [3.63, 3.8) is 0 Å². The number of quaternary nitrogens is 1. The number of primary amides is 1. The lowest BCUT2D eigenvalue weighted by Gasteiger charge is -2.30. The number of carbonyl (C=O) groups is 2. The first kappa shape index (κ1) is 20.5. The number of nitrogens with zero attached hydrogens (tertiary/aromatic N) is 2. The van der Waals surface area contributed by atoms with Crippen molar-refractivity contribution in [2.75, 3.05) is 7.05 Å². The molecule has 0 spiro atoms. The molecule has 1 aromatic rings. The number of nitrogens with two attached hydrogens (primary N) is 1. The Morgan fingerprint density at radius 1 is 1.34 bits per heavy atom. The number of allylic oxidation sites excluding steroid dienone is 5. The van der Waals surface area contributed by atoms with E-state index in [1.807, 2.05) is 0 Å². The van der Waals surface area contributed by atoms with Gasteiger partial charge in [0.2, 0.25) is 17.4 Å². The second kappa shape index (κ2) is 6.96. The molecule has 10 heteroatoms. The van der Waals surface area contributed by atoms with Crippen molar-refractivity contribution in [1.29, 1.82) is 0 Å². The maximum absolute atomic E-state index is 15.9. The molecule has 29 heavy (non-hydrogen) atoms. The van der Waals surface area contributed by atoms with Crippen LogP contribution in [0.25, 0.3) is 0 Å². The quantitative estimate of drug-likeness (QED) is 0.459. The van der Waals surface area contributed by atoms with Gasteiger partial charge in [0.15, 0.2) is 17.6 Å². The van der Waals surface area contributed by atoms with Gasteiger partial charge in [-0.05, 0) is 12.1 Å². The normalized spacial score (nSPS) is 26.1. The largest absolute Gasteiger partial charge is 0.442 e. The summed E-state index contributed by atoms with van der Waals surface area (Å²) in [6.07, 6.45) is 1.58. The number of rotatable bonds is 5. The molecule has 2 aliphatic rings. The van der Waals surface area contributed by atoms with Crippen molar-refractivity contribution in [3.05, 3.63) is 65.6 Å². The van der Waals surface area contributed by atoms with Crippen LogP contribution in [0.4, 0.5) is 23.2 Å². The van der Waals surface area contributed by atoms with Gasteiger partial charge >= 0.3 is 6.18 Å². The lowest BCUT2D eigenvalue weighted by Crippen LogP contribution is -2.36. The summed E-state index contributed by atoms with van der Waals surface area (Å²) in [5.74, 6) is -1.77. The predicted molar refractivity (Wildman–Crippen MR) is 97.1 cm³/mol. The number of amides is 1. The van der Waals surface area contributed by atoms with Crippen LogP contribution in [0.3, 0.4) is 0 Å². The summed E-state index contributed by atoms with van der Waals surface area (Å²) in [4.78, 5) is 22.6. The van der Waals surface area contributed by atoms with Crippen LogP contribution in [0, 0.1) is 0 Å². The van der Waals surface area contributed by atoms with Crippen LogP contribution in [0.15, 0.2) is 59.6 Å². The van der Waals surface area contributed by atoms with Gasteiger partial charge in [0.1, 0.15) is 7.05 Å². The molecular formula is C19H16F4N3O3+. The van der Waals surface area contributed by atoms with Crippen LogP contribution < -0.4 is 10.3 Å². The zero-order chi connectivity index (χ0) is 21.4. The molecule has 2 unspecified atom stereocenters. The third-order valence-corrected chi connectivity index (χ3v) is 4.59. The minimum Gasteiger partial charge on any atom is -0.420 e. The molecular weight excluding hydrogens is 394 g/mol. The average molecular weight is 410 g/mol. The van der Waals surface area contributed by atoms with E-state index in [4.69, 9.17) is 5.73 Å². The SMILES string of the molecule is C[N+]1(c2cccc(C(N)=O)c2C2(F)C=CC=CC2)C=C(OC=O)C(C(F)(F)F)=N1. The summed E-state index contributed by atoms with van der Waals surface area (Å²) in [7, 11) is 1.24. The average Bonchev–Trinajstić information content (AvgIpc) is 3.00. The molecule has 1 amide bonds. The van der Waals surface area contributed by atoms with Crippen molar-refractivity contribution >= 4 is 23.8 Å². The van der Waals surface area contributed by atoms with E-state index in [-0.39, 0.29) is 29.7 Å². The minimum absolute atomic E-state index is 0.0602. The van der Waals surface area contributed by atoms with E-state index in [1.165, 1.54) is 43.5 Å². The summed E-state index contributed by atoms with van der Waals surface area (Å²) in [5, 5.41) is 3.64. The van der Waals surface area contributed by atoms with Crippen molar-refractivity contribution < 1.29 is 31.9 Å². The molecule has 0 saturated heterocycles. The highest BCUT2D eigenvalue weighted by atomic mass is 19.4. The zero-order valence-corrected chi connectivity index (χ0v) is 15.1. The highest BCUT2D eigenvalue weighted by Crippen LogP contribution is 2.45. The Balaban J connectivity index is 2.29. The van der Waals surface area contributed by atoms with E-state index >= 15 is 4.39 Å². The van der Waals surface area contributed by atoms with Gasteiger partial charge in [-0.15, -0.1) is 4.59 Å². The summed E-state index contributed by atoms with van der Waals surface area (Å²) >= 11 is 0. The molecule has 0 fully saturated rings. The lowest BCUT2D eigenvalue weighted by molar-refractivity contribution is -0.124. The number of halogens is 4. The highest BCUT2D eigenvalue weighted by Gasteiger charge is 2.51. The maximum Gasteiger partial charge on any atom is 0.442 e. The monoisotopic (exact) mass is 410 g/mol. The van der Waals surface area contributed by atoms with Gasteiger partial charge in [0.05, 0.1) is 11.1 Å². The van der Waals surface area contributed by atoms with Crippen molar-refractivity contribution in [2.45, 2.75) is 18.3 Å². The Morgan fingerprint density at radius 2 is 2.07 bits per heavy atom. The van der Waals surface area contributed by atoms with Crippen molar-refractivity contribution in [3.8, 4) is 0 Å². The van der Waals surface area contributed by atoms with E-state index < -0.39 is 33.8 Å². The highest BCUT2D eigenvalue weighted by molar-refractivity contribution is 6.05. The second-order valence-corrected chi connectivity index (χ2v) is 6.60. The first-order chi connectivity index (χ1) is 13.5. The predicted octanol–water partition coefficient (Wildman–Crippen LogP) is 3.35. The van der Waals surface area contributed by atoms with Crippen LogP contribution in [-0.2, 0) is 15.2 Å². The Kier molecular flexibility index (Phi) is 4.91. The molecule has 0 bridgehead atoms. The van der Waals surface area contributed by atoms with Crippen LogP contribution in [0.1, 0.15) is 22.3 Å². The molecule has 1 aromatic carbocycles. The Bertz CT molecular complexity index is 997. The van der Waals surface area contributed by atoms with Gasteiger partial charge in [0, 0.05) is 12.5 Å². The molecule has 6 nitrogen and oxygen atoms in total. The van der Waals surface area contributed by atoms with Crippen LogP contribution in [0.2, 0.25) is 0 Å². The van der Waals surface area contributed by atoms with Crippen LogP contribution in [0.5, 0.6) is 0 Å². The van der Waals surface area contributed by atoms with E-state index in [0.29, 0.717) is 0 Å². The molecule has 0 saturated carbocycles. The topological polar surface area (TPSA) is 81.8 Å². The van der Waals surface area contributed by atoms with Crippen LogP contribution >= 0.6 is 0 Å². The molecule has 3 rings (SSSR count). The molecule has 152 valence electrons. The first-order valence-electron chi connectivity index (χ1n) is 8.36. The van der Waals surface area contributed by atoms with Gasteiger partial charge in [-0.25, -0.2) is 4.39 Å². The molecule has 1 aliphatic heterocycles. The summed E-state index contributed by atoms with van der Waals surface area (Å²) < 4.78 is 59.5. The van der Waals surface area contributed by atoms with Gasteiger partial charge in [-0.3, -0.25) is 9.59 Å². The first-order valence-corrected chi connectivity index (χ1v) is 8.36. The van der Waals surface area contributed by atoms with Crippen molar-refractivity contribution in [1.82, 2.24) is 4.59 Å². The van der Waals surface area contributed by atoms with Crippen LogP contribution in [-0.4, -0.2) is 31.3 Å². The number of hydrogen-bond acceptors (Lipinski definition) is 4. The fourth-order valence-corrected chi connectivity index (χ4v) is 3.37. The third-order valence-electron chi connectivity index (χ3n) is 4.59. The maximum atomic E-state index is 15.9. The number of alkyl halides is 4. The van der Waals surface area contributed by atoms with Gasteiger partial charge < -0.3 is 10.5 Å². The number of ether oxygens (including phenoxy) is 1. The third kappa shape index (κ3) is 3.58. The van der Waals surface area contributed by atoms with E-state index in [9.17, 15) is 22.8 Å². The summed E-state index contributed by atoms with van der Waals surface area (Å²) in [6, 6.07) is 3.99. The molecule has 1 aliphatic carbocycles. The van der Waals surface area contributed by atoms with Gasteiger partial charge in [0.25, 0.3) is 6.47 Å². The van der Waals surface area contributed by atoms with E-state index in [0.717, 1.165) is 6.20 Å². The molecule has 2 N–H and O–H groups in total. The minimum atomic E-state index is -4.92.